The molecule has 0 aliphatic carbocycles. The van der Waals surface area contributed by atoms with Crippen molar-refractivity contribution >= 4 is 39.6 Å². The molecule has 0 atom stereocenters. The number of nitrogens with one attached hydrogen (secondary N) is 2. The molecule has 2 aromatic rings. The molecule has 0 aromatic heterocycles. The lowest BCUT2D eigenvalue weighted by atomic mass is 10.2. The van der Waals surface area contributed by atoms with Gasteiger partial charge in [0.15, 0.2) is 0 Å². The Kier molecular flexibility index (Phi) is 6.69. The number of hydrogen-bond acceptors (Lipinski definition) is 3. The van der Waals surface area contributed by atoms with Crippen LogP contribution in [-0.2, 0) is 9.59 Å². The Hall–Kier alpha value is -2.47. The molecule has 2 N–H and O–H groups in total. The Morgan fingerprint density at radius 3 is 2.42 bits per heavy atom. The summed E-state index contributed by atoms with van der Waals surface area (Å²) in [5.74, 6) is -0.500. The number of hydrogen-bond donors (Lipinski definition) is 2. The number of nitrogens with zero attached hydrogens (tertiary/aromatic N) is 1. The van der Waals surface area contributed by atoms with Gasteiger partial charge in [0.05, 0.1) is 6.21 Å². The van der Waals surface area contributed by atoms with E-state index in [1.165, 1.54) is 0 Å². The van der Waals surface area contributed by atoms with Gasteiger partial charge in [-0.25, -0.2) is 5.43 Å². The SMILES string of the molecule is Cc1ccccc1NC(=O)CCC(=O)NN=Cc1ccc(Br)cc1. The minimum atomic E-state index is -0.303. The third-order valence-corrected chi connectivity index (χ3v) is 3.80. The largest absolute Gasteiger partial charge is 0.326 e. The van der Waals surface area contributed by atoms with Gasteiger partial charge in [0.25, 0.3) is 0 Å². The smallest absolute Gasteiger partial charge is 0.240 e. The standard InChI is InChI=1S/C18H18BrN3O2/c1-13-4-2-3-5-16(13)21-17(23)10-11-18(24)22-20-12-14-6-8-15(19)9-7-14/h2-9,12H,10-11H2,1H3,(H,21,23)(H,22,24). The molecule has 0 spiro atoms. The number of benzene rings is 2. The molecule has 0 saturated carbocycles. The van der Waals surface area contributed by atoms with Gasteiger partial charge in [-0.2, -0.15) is 5.10 Å². The van der Waals surface area contributed by atoms with Gasteiger partial charge in [-0.1, -0.05) is 46.3 Å². The van der Waals surface area contributed by atoms with E-state index in [4.69, 9.17) is 0 Å². The Balaban J connectivity index is 1.73. The summed E-state index contributed by atoms with van der Waals surface area (Å²) >= 11 is 3.35. The third kappa shape index (κ3) is 5.96. The van der Waals surface area contributed by atoms with Crippen molar-refractivity contribution in [2.24, 2.45) is 5.10 Å². The van der Waals surface area contributed by atoms with Crippen molar-refractivity contribution in [3.05, 3.63) is 64.1 Å². The van der Waals surface area contributed by atoms with Crippen molar-refractivity contribution in [3.63, 3.8) is 0 Å². The zero-order valence-electron chi connectivity index (χ0n) is 13.3. The lowest BCUT2D eigenvalue weighted by Crippen LogP contribution is -2.20. The van der Waals surface area contributed by atoms with Crippen LogP contribution in [0, 0.1) is 6.92 Å². The predicted molar refractivity (Wildman–Crippen MR) is 98.9 cm³/mol. The molecular formula is C18H18BrN3O2. The summed E-state index contributed by atoms with van der Waals surface area (Å²) in [5.41, 5.74) is 5.03. The van der Waals surface area contributed by atoms with Crippen LogP contribution >= 0.6 is 15.9 Å². The first-order chi connectivity index (χ1) is 11.5. The van der Waals surface area contributed by atoms with Crippen LogP contribution in [0.1, 0.15) is 24.0 Å². The van der Waals surface area contributed by atoms with E-state index in [0.29, 0.717) is 0 Å². The first-order valence-electron chi connectivity index (χ1n) is 7.47. The second-order valence-corrected chi connectivity index (χ2v) is 6.12. The van der Waals surface area contributed by atoms with Crippen LogP contribution in [0.15, 0.2) is 58.1 Å². The molecule has 6 heteroatoms. The zero-order valence-corrected chi connectivity index (χ0v) is 14.8. The summed E-state index contributed by atoms with van der Waals surface area (Å²) in [6.07, 6.45) is 1.74. The third-order valence-electron chi connectivity index (χ3n) is 3.27. The number of hydrazone groups is 1. The maximum absolute atomic E-state index is 11.9. The minimum absolute atomic E-state index is 0.0788. The van der Waals surface area contributed by atoms with E-state index in [-0.39, 0.29) is 24.7 Å². The van der Waals surface area contributed by atoms with E-state index in [9.17, 15) is 9.59 Å². The van der Waals surface area contributed by atoms with Crippen molar-refractivity contribution in [3.8, 4) is 0 Å². The van der Waals surface area contributed by atoms with Crippen LogP contribution in [0.5, 0.6) is 0 Å². The van der Waals surface area contributed by atoms with Gasteiger partial charge in [0.1, 0.15) is 0 Å². The van der Waals surface area contributed by atoms with E-state index < -0.39 is 0 Å². The lowest BCUT2D eigenvalue weighted by Gasteiger charge is -2.07. The van der Waals surface area contributed by atoms with Gasteiger partial charge in [-0.05, 0) is 36.2 Å². The zero-order chi connectivity index (χ0) is 17.4. The van der Waals surface area contributed by atoms with Crippen molar-refractivity contribution in [1.29, 1.82) is 0 Å². The molecule has 2 aromatic carbocycles. The first-order valence-corrected chi connectivity index (χ1v) is 8.27. The van der Waals surface area contributed by atoms with Gasteiger partial charge in [-0.15, -0.1) is 0 Å². The van der Waals surface area contributed by atoms with Gasteiger partial charge < -0.3 is 5.32 Å². The van der Waals surface area contributed by atoms with Gasteiger partial charge in [0, 0.05) is 23.0 Å². The number of amides is 2. The molecule has 0 heterocycles. The molecule has 0 radical (unpaired) electrons. The molecule has 24 heavy (non-hydrogen) atoms. The average molecular weight is 388 g/mol. The fourth-order valence-corrected chi connectivity index (χ4v) is 2.20. The molecule has 5 nitrogen and oxygen atoms in total. The minimum Gasteiger partial charge on any atom is -0.326 e. The number of rotatable bonds is 6. The average Bonchev–Trinajstić information content (AvgIpc) is 2.57. The molecule has 0 fully saturated rings. The number of carbonyl (C=O) groups excluding carboxylic acids is 2. The maximum atomic E-state index is 11.9. The van der Waals surface area contributed by atoms with E-state index >= 15 is 0 Å². The summed E-state index contributed by atoms with van der Waals surface area (Å²) in [7, 11) is 0. The van der Waals surface area contributed by atoms with Crippen LogP contribution in [0.4, 0.5) is 5.69 Å². The quantitative estimate of drug-likeness (QED) is 0.586. The summed E-state index contributed by atoms with van der Waals surface area (Å²) < 4.78 is 0.975. The van der Waals surface area contributed by atoms with Gasteiger partial charge in [0.2, 0.25) is 11.8 Å². The van der Waals surface area contributed by atoms with E-state index in [1.807, 2.05) is 55.5 Å². The number of carbonyl (C=O) groups is 2. The topological polar surface area (TPSA) is 70.6 Å². The van der Waals surface area contributed by atoms with Gasteiger partial charge >= 0.3 is 0 Å². The molecule has 0 saturated heterocycles. The highest BCUT2D eigenvalue weighted by Crippen LogP contribution is 2.13. The Bertz CT molecular complexity index is 742. The van der Waals surface area contributed by atoms with E-state index in [2.05, 4.69) is 31.8 Å². The molecule has 2 amide bonds. The van der Waals surface area contributed by atoms with Crippen LogP contribution in [0.3, 0.4) is 0 Å². The summed E-state index contributed by atoms with van der Waals surface area (Å²) in [6, 6.07) is 15.0. The molecule has 0 bridgehead atoms. The fourth-order valence-electron chi connectivity index (χ4n) is 1.94. The van der Waals surface area contributed by atoms with Crippen molar-refractivity contribution in [1.82, 2.24) is 5.43 Å². The second-order valence-electron chi connectivity index (χ2n) is 5.21. The highest BCUT2D eigenvalue weighted by Gasteiger charge is 2.07. The number of para-hydroxylation sites is 1. The number of aryl methyl sites for hydroxylation is 1. The van der Waals surface area contributed by atoms with E-state index in [1.54, 1.807) is 6.21 Å². The van der Waals surface area contributed by atoms with Crippen molar-refractivity contribution in [2.75, 3.05) is 5.32 Å². The molecule has 0 aliphatic heterocycles. The van der Waals surface area contributed by atoms with Gasteiger partial charge in [-0.3, -0.25) is 9.59 Å². The Morgan fingerprint density at radius 2 is 1.71 bits per heavy atom. The molecule has 2 rings (SSSR count). The molecule has 0 unspecified atom stereocenters. The first kappa shape index (κ1) is 17.9. The normalized spacial score (nSPS) is 10.6. The van der Waals surface area contributed by atoms with Crippen LogP contribution in [0.2, 0.25) is 0 Å². The predicted octanol–water partition coefficient (Wildman–Crippen LogP) is 3.63. The second kappa shape index (κ2) is 8.98. The van der Waals surface area contributed by atoms with Crippen LogP contribution < -0.4 is 10.7 Å². The number of halogens is 1. The highest BCUT2D eigenvalue weighted by atomic mass is 79.9. The number of anilines is 1. The van der Waals surface area contributed by atoms with Crippen LogP contribution in [-0.4, -0.2) is 18.0 Å². The fraction of sp³-hybridized carbons (Fsp3) is 0.167. The summed E-state index contributed by atoms with van der Waals surface area (Å²) in [6.45, 7) is 1.92. The van der Waals surface area contributed by atoms with E-state index in [0.717, 1.165) is 21.3 Å². The van der Waals surface area contributed by atoms with Crippen molar-refractivity contribution < 1.29 is 9.59 Å². The molecular weight excluding hydrogens is 370 g/mol. The Labute approximate surface area is 149 Å². The lowest BCUT2D eigenvalue weighted by molar-refractivity contribution is -0.124. The summed E-state index contributed by atoms with van der Waals surface area (Å²) in [5, 5.41) is 6.67. The highest BCUT2D eigenvalue weighted by molar-refractivity contribution is 9.10. The summed E-state index contributed by atoms with van der Waals surface area (Å²) in [4.78, 5) is 23.6. The molecule has 0 aliphatic rings. The van der Waals surface area contributed by atoms with Crippen molar-refractivity contribution in [2.45, 2.75) is 19.8 Å². The maximum Gasteiger partial charge on any atom is 0.240 e. The Morgan fingerprint density at radius 1 is 1.04 bits per heavy atom. The molecule has 124 valence electrons. The van der Waals surface area contributed by atoms with Crippen LogP contribution in [0.25, 0.3) is 0 Å². The monoisotopic (exact) mass is 387 g/mol.